The van der Waals surface area contributed by atoms with E-state index in [-0.39, 0.29) is 4.90 Å². The van der Waals surface area contributed by atoms with Crippen molar-refractivity contribution in [3.63, 3.8) is 0 Å². The second kappa shape index (κ2) is 5.31. The number of nitrogens with zero attached hydrogens (tertiary/aromatic N) is 1. The molecule has 0 atom stereocenters. The van der Waals surface area contributed by atoms with Gasteiger partial charge in [0.1, 0.15) is 0 Å². The van der Waals surface area contributed by atoms with Crippen LogP contribution < -0.4 is 10.6 Å². The summed E-state index contributed by atoms with van der Waals surface area (Å²) in [5, 5.41) is 9.47. The van der Waals surface area contributed by atoms with Crippen LogP contribution in [0.5, 0.6) is 0 Å². The number of fused-ring (bicyclic) bond motifs is 1. The van der Waals surface area contributed by atoms with E-state index in [0.717, 1.165) is 24.2 Å². The summed E-state index contributed by atoms with van der Waals surface area (Å²) in [4.78, 5) is 0.0897. The molecular weight excluding hydrogens is 286 g/mol. The summed E-state index contributed by atoms with van der Waals surface area (Å²) in [6.45, 7) is 0. The molecule has 0 fully saturated rings. The number of aryl methyl sites for hydroxylation is 1. The molecule has 0 aliphatic heterocycles. The van der Waals surface area contributed by atoms with E-state index in [0.29, 0.717) is 0 Å². The van der Waals surface area contributed by atoms with Gasteiger partial charge in [-0.25, -0.2) is 13.6 Å². The smallest absolute Gasteiger partial charge is 0.238 e. The van der Waals surface area contributed by atoms with Crippen LogP contribution in [-0.2, 0) is 16.4 Å². The van der Waals surface area contributed by atoms with Crippen molar-refractivity contribution in [3.8, 4) is 0 Å². The molecule has 5 nitrogen and oxygen atoms in total. The number of hydrogen-bond donors (Lipinski definition) is 2. The predicted molar refractivity (Wildman–Crippen MR) is 82.7 cm³/mol. The largest absolute Gasteiger partial charge is 0.278 e. The SMILES string of the molecule is NS(=O)(=O)c1ccc(NN=C2CCc3ccccc32)cc1. The molecule has 3 N–H and O–H groups in total. The second-order valence-electron chi connectivity index (χ2n) is 4.90. The summed E-state index contributed by atoms with van der Waals surface area (Å²) in [5.74, 6) is 0. The summed E-state index contributed by atoms with van der Waals surface area (Å²) in [7, 11) is -3.65. The number of nitrogens with two attached hydrogens (primary N) is 1. The molecule has 108 valence electrons. The number of hydrazone groups is 1. The maximum absolute atomic E-state index is 11.2. The highest BCUT2D eigenvalue weighted by molar-refractivity contribution is 7.89. The molecule has 1 aliphatic rings. The molecule has 0 bridgehead atoms. The summed E-state index contributed by atoms with van der Waals surface area (Å²) in [5.41, 5.74) is 7.18. The maximum Gasteiger partial charge on any atom is 0.238 e. The Balaban J connectivity index is 1.78. The summed E-state index contributed by atoms with van der Waals surface area (Å²) in [6, 6.07) is 14.4. The number of sulfonamides is 1. The van der Waals surface area contributed by atoms with E-state index in [4.69, 9.17) is 5.14 Å². The Bertz CT molecular complexity index is 796. The van der Waals surface area contributed by atoms with Gasteiger partial charge in [0, 0.05) is 5.56 Å². The first kappa shape index (κ1) is 13.8. The van der Waals surface area contributed by atoms with Crippen LogP contribution in [-0.4, -0.2) is 14.1 Å². The Morgan fingerprint density at radius 2 is 1.71 bits per heavy atom. The third kappa shape index (κ3) is 2.96. The number of hydrogen-bond acceptors (Lipinski definition) is 4. The lowest BCUT2D eigenvalue weighted by molar-refractivity contribution is 0.598. The first-order valence-electron chi connectivity index (χ1n) is 6.58. The highest BCUT2D eigenvalue weighted by atomic mass is 32.2. The molecule has 0 radical (unpaired) electrons. The standard InChI is InChI=1S/C15H15N3O2S/c16-21(19,20)13-8-6-12(7-9-13)17-18-15-10-5-11-3-1-2-4-14(11)15/h1-4,6-9,17H,5,10H2,(H2,16,19,20). The molecule has 0 heterocycles. The molecule has 1 aliphatic carbocycles. The van der Waals surface area contributed by atoms with E-state index in [1.54, 1.807) is 12.1 Å². The molecule has 0 saturated heterocycles. The quantitative estimate of drug-likeness (QED) is 0.851. The zero-order valence-corrected chi connectivity index (χ0v) is 12.1. The van der Waals surface area contributed by atoms with Gasteiger partial charge in [-0.2, -0.15) is 5.10 Å². The Morgan fingerprint density at radius 3 is 2.43 bits per heavy atom. The van der Waals surface area contributed by atoms with Gasteiger partial charge in [-0.3, -0.25) is 5.43 Å². The Labute approximate surface area is 123 Å². The van der Waals surface area contributed by atoms with Gasteiger partial charge in [0.15, 0.2) is 0 Å². The fraction of sp³-hybridized carbons (Fsp3) is 0.133. The van der Waals surface area contributed by atoms with Crippen molar-refractivity contribution in [1.29, 1.82) is 0 Å². The van der Waals surface area contributed by atoms with E-state index in [2.05, 4.69) is 22.7 Å². The second-order valence-corrected chi connectivity index (χ2v) is 6.46. The van der Waals surface area contributed by atoms with Crippen molar-refractivity contribution < 1.29 is 8.42 Å². The molecule has 0 spiro atoms. The molecule has 0 saturated carbocycles. The third-order valence-electron chi connectivity index (χ3n) is 3.46. The van der Waals surface area contributed by atoms with Crippen molar-refractivity contribution in [2.24, 2.45) is 10.2 Å². The van der Waals surface area contributed by atoms with Crippen LogP contribution in [0.3, 0.4) is 0 Å². The van der Waals surface area contributed by atoms with Gasteiger partial charge in [0.2, 0.25) is 10.0 Å². The molecule has 0 aromatic heterocycles. The summed E-state index contributed by atoms with van der Waals surface area (Å²) < 4.78 is 22.4. The summed E-state index contributed by atoms with van der Waals surface area (Å²) in [6.07, 6.45) is 1.91. The molecule has 0 amide bonds. The van der Waals surface area contributed by atoms with Gasteiger partial charge in [0.05, 0.1) is 16.3 Å². The average Bonchev–Trinajstić information content (AvgIpc) is 2.88. The first-order valence-corrected chi connectivity index (χ1v) is 8.12. The van der Waals surface area contributed by atoms with E-state index in [1.807, 2.05) is 12.1 Å². The minimum Gasteiger partial charge on any atom is -0.278 e. The molecule has 21 heavy (non-hydrogen) atoms. The van der Waals surface area contributed by atoms with Crippen molar-refractivity contribution in [2.45, 2.75) is 17.7 Å². The number of primary sulfonamides is 1. The average molecular weight is 301 g/mol. The van der Waals surface area contributed by atoms with Crippen LogP contribution in [0.4, 0.5) is 5.69 Å². The highest BCUT2D eigenvalue weighted by Crippen LogP contribution is 2.22. The Kier molecular flexibility index (Phi) is 3.48. The van der Waals surface area contributed by atoms with Crippen molar-refractivity contribution in [1.82, 2.24) is 0 Å². The molecule has 3 rings (SSSR count). The lowest BCUT2D eigenvalue weighted by Crippen LogP contribution is -2.11. The Hall–Kier alpha value is -2.18. The first-order chi connectivity index (χ1) is 10.0. The van der Waals surface area contributed by atoms with Gasteiger partial charge < -0.3 is 0 Å². The topological polar surface area (TPSA) is 84.5 Å². The van der Waals surface area contributed by atoms with Crippen LogP contribution in [0.15, 0.2) is 58.5 Å². The number of nitrogens with one attached hydrogen (secondary N) is 1. The van der Waals surface area contributed by atoms with Gasteiger partial charge in [-0.1, -0.05) is 24.3 Å². The van der Waals surface area contributed by atoms with Crippen LogP contribution in [0.2, 0.25) is 0 Å². The normalized spacial score (nSPS) is 16.0. The zero-order chi connectivity index (χ0) is 14.9. The van der Waals surface area contributed by atoms with E-state index in [1.165, 1.54) is 23.3 Å². The maximum atomic E-state index is 11.2. The van der Waals surface area contributed by atoms with E-state index < -0.39 is 10.0 Å². The van der Waals surface area contributed by atoms with Gasteiger partial charge in [0.25, 0.3) is 0 Å². The van der Waals surface area contributed by atoms with Gasteiger partial charge >= 0.3 is 0 Å². The Morgan fingerprint density at radius 1 is 1.00 bits per heavy atom. The lowest BCUT2D eigenvalue weighted by atomic mass is 10.1. The monoisotopic (exact) mass is 301 g/mol. The molecular formula is C15H15N3O2S. The zero-order valence-electron chi connectivity index (χ0n) is 11.3. The number of rotatable bonds is 3. The van der Waals surface area contributed by atoms with Crippen LogP contribution in [0, 0.1) is 0 Å². The molecule has 2 aromatic rings. The van der Waals surface area contributed by atoms with E-state index >= 15 is 0 Å². The van der Waals surface area contributed by atoms with Crippen molar-refractivity contribution >= 4 is 21.4 Å². The van der Waals surface area contributed by atoms with Gasteiger partial charge in [-0.05, 0) is 42.7 Å². The fourth-order valence-electron chi connectivity index (χ4n) is 2.37. The van der Waals surface area contributed by atoms with Crippen LogP contribution in [0.25, 0.3) is 0 Å². The highest BCUT2D eigenvalue weighted by Gasteiger charge is 2.16. The van der Waals surface area contributed by atoms with Crippen molar-refractivity contribution in [2.75, 3.05) is 5.43 Å². The lowest BCUT2D eigenvalue weighted by Gasteiger charge is -2.04. The molecule has 6 heteroatoms. The van der Waals surface area contributed by atoms with Gasteiger partial charge in [-0.15, -0.1) is 0 Å². The molecule has 2 aromatic carbocycles. The summed E-state index contributed by atoms with van der Waals surface area (Å²) >= 11 is 0. The number of benzene rings is 2. The third-order valence-corrected chi connectivity index (χ3v) is 4.39. The number of anilines is 1. The van der Waals surface area contributed by atoms with Crippen molar-refractivity contribution in [3.05, 3.63) is 59.7 Å². The predicted octanol–water partition coefficient (Wildman–Crippen LogP) is 2.10. The minimum absolute atomic E-state index is 0.0897. The van der Waals surface area contributed by atoms with E-state index in [9.17, 15) is 8.42 Å². The van der Waals surface area contributed by atoms with Crippen LogP contribution in [0.1, 0.15) is 17.5 Å². The van der Waals surface area contributed by atoms with Crippen LogP contribution >= 0.6 is 0 Å². The fourth-order valence-corrected chi connectivity index (χ4v) is 2.89. The molecule has 0 unspecified atom stereocenters. The minimum atomic E-state index is -3.65.